The Morgan fingerprint density at radius 1 is 1.50 bits per heavy atom. The number of pyridine rings is 1. The van der Waals surface area contributed by atoms with E-state index in [1.165, 1.54) is 5.56 Å². The van der Waals surface area contributed by atoms with Gasteiger partial charge in [0.1, 0.15) is 0 Å². The molecule has 0 bridgehead atoms. The molecule has 0 unspecified atom stereocenters. The molecular formula is C9H12N2O. The molecule has 1 saturated heterocycles. The van der Waals surface area contributed by atoms with E-state index in [1.807, 2.05) is 12.3 Å². The van der Waals surface area contributed by atoms with Gasteiger partial charge in [-0.15, -0.1) is 0 Å². The molecule has 0 aromatic carbocycles. The lowest BCUT2D eigenvalue weighted by molar-refractivity contribution is 0.395. The summed E-state index contributed by atoms with van der Waals surface area (Å²) in [5.41, 5.74) is 1.30. The van der Waals surface area contributed by atoms with Crippen molar-refractivity contribution in [3.05, 3.63) is 23.9 Å². The van der Waals surface area contributed by atoms with Gasteiger partial charge in [-0.3, -0.25) is 0 Å². The SMILES string of the molecule is COc1ccc(C2CNC2)cn1. The summed E-state index contributed by atoms with van der Waals surface area (Å²) in [7, 11) is 1.63. The van der Waals surface area contributed by atoms with Crippen molar-refractivity contribution in [2.24, 2.45) is 0 Å². The molecule has 64 valence electrons. The Kier molecular flexibility index (Phi) is 1.96. The van der Waals surface area contributed by atoms with Crippen LogP contribution in [0, 0.1) is 0 Å². The molecule has 2 heterocycles. The van der Waals surface area contributed by atoms with Gasteiger partial charge in [-0.25, -0.2) is 4.98 Å². The maximum absolute atomic E-state index is 4.97. The maximum Gasteiger partial charge on any atom is 0.212 e. The van der Waals surface area contributed by atoms with Crippen molar-refractivity contribution >= 4 is 0 Å². The highest BCUT2D eigenvalue weighted by Gasteiger charge is 2.18. The smallest absolute Gasteiger partial charge is 0.212 e. The average Bonchev–Trinajstić information content (AvgIpc) is 2.03. The summed E-state index contributed by atoms with van der Waals surface area (Å²) in [6.07, 6.45) is 1.89. The molecule has 1 aromatic rings. The van der Waals surface area contributed by atoms with Gasteiger partial charge in [-0.2, -0.15) is 0 Å². The van der Waals surface area contributed by atoms with Crippen molar-refractivity contribution in [3.8, 4) is 5.88 Å². The lowest BCUT2D eigenvalue weighted by atomic mass is 9.95. The molecule has 1 fully saturated rings. The predicted octanol–water partition coefficient (Wildman–Crippen LogP) is 0.777. The largest absolute Gasteiger partial charge is 0.481 e. The van der Waals surface area contributed by atoms with Gasteiger partial charge in [0.05, 0.1) is 7.11 Å². The predicted molar refractivity (Wildman–Crippen MR) is 46.4 cm³/mol. The summed E-state index contributed by atoms with van der Waals surface area (Å²) in [6.45, 7) is 2.15. The minimum absolute atomic E-state index is 0.656. The Morgan fingerprint density at radius 3 is 2.75 bits per heavy atom. The van der Waals surface area contributed by atoms with Gasteiger partial charge in [-0.05, 0) is 5.56 Å². The number of hydrogen-bond donors (Lipinski definition) is 1. The minimum Gasteiger partial charge on any atom is -0.481 e. The summed E-state index contributed by atoms with van der Waals surface area (Å²) in [5, 5.41) is 3.23. The van der Waals surface area contributed by atoms with Crippen LogP contribution in [0.2, 0.25) is 0 Å². The third kappa shape index (κ3) is 1.28. The van der Waals surface area contributed by atoms with Crippen LogP contribution in [0.3, 0.4) is 0 Å². The van der Waals surface area contributed by atoms with E-state index in [2.05, 4.69) is 16.4 Å². The first-order valence-electron chi connectivity index (χ1n) is 4.11. The fourth-order valence-corrected chi connectivity index (χ4v) is 1.28. The average molecular weight is 164 g/mol. The Labute approximate surface area is 71.8 Å². The van der Waals surface area contributed by atoms with Gasteiger partial charge in [-0.1, -0.05) is 6.07 Å². The van der Waals surface area contributed by atoms with Crippen LogP contribution in [0.15, 0.2) is 18.3 Å². The van der Waals surface area contributed by atoms with Crippen LogP contribution in [0.4, 0.5) is 0 Å². The molecule has 1 aliphatic heterocycles. The zero-order valence-corrected chi connectivity index (χ0v) is 7.08. The third-order valence-electron chi connectivity index (χ3n) is 2.22. The van der Waals surface area contributed by atoms with Crippen LogP contribution in [-0.4, -0.2) is 25.2 Å². The van der Waals surface area contributed by atoms with E-state index in [-0.39, 0.29) is 0 Å². The number of hydrogen-bond acceptors (Lipinski definition) is 3. The van der Waals surface area contributed by atoms with E-state index >= 15 is 0 Å². The first-order valence-corrected chi connectivity index (χ1v) is 4.11. The maximum atomic E-state index is 4.97. The van der Waals surface area contributed by atoms with Gasteiger partial charge < -0.3 is 10.1 Å². The first-order chi connectivity index (χ1) is 5.90. The Morgan fingerprint density at radius 2 is 2.33 bits per heavy atom. The fourth-order valence-electron chi connectivity index (χ4n) is 1.28. The van der Waals surface area contributed by atoms with Crippen molar-refractivity contribution in [2.75, 3.05) is 20.2 Å². The Hall–Kier alpha value is -1.09. The quantitative estimate of drug-likeness (QED) is 0.701. The van der Waals surface area contributed by atoms with Crippen molar-refractivity contribution in [1.82, 2.24) is 10.3 Å². The van der Waals surface area contributed by atoms with Crippen LogP contribution in [0.5, 0.6) is 5.88 Å². The minimum atomic E-state index is 0.656. The molecule has 3 nitrogen and oxygen atoms in total. The number of nitrogens with zero attached hydrogens (tertiary/aromatic N) is 1. The summed E-state index contributed by atoms with van der Waals surface area (Å²) >= 11 is 0. The molecule has 12 heavy (non-hydrogen) atoms. The second-order valence-corrected chi connectivity index (χ2v) is 2.99. The van der Waals surface area contributed by atoms with E-state index in [0.29, 0.717) is 11.8 Å². The zero-order chi connectivity index (χ0) is 8.39. The summed E-state index contributed by atoms with van der Waals surface area (Å²) in [6, 6.07) is 3.99. The Balaban J connectivity index is 2.13. The van der Waals surface area contributed by atoms with Gasteiger partial charge in [0.25, 0.3) is 0 Å². The molecule has 0 spiro atoms. The number of aromatic nitrogens is 1. The fraction of sp³-hybridized carbons (Fsp3) is 0.444. The van der Waals surface area contributed by atoms with Crippen LogP contribution in [0.25, 0.3) is 0 Å². The second kappa shape index (κ2) is 3.11. The Bertz CT molecular complexity index is 254. The molecule has 0 saturated carbocycles. The molecule has 3 heteroatoms. The summed E-state index contributed by atoms with van der Waals surface area (Å²) in [4.78, 5) is 4.15. The second-order valence-electron chi connectivity index (χ2n) is 2.99. The van der Waals surface area contributed by atoms with Crippen LogP contribution in [-0.2, 0) is 0 Å². The molecule has 0 atom stereocenters. The van der Waals surface area contributed by atoms with Gasteiger partial charge in [0.15, 0.2) is 0 Å². The van der Waals surface area contributed by atoms with E-state index in [9.17, 15) is 0 Å². The van der Waals surface area contributed by atoms with Gasteiger partial charge in [0.2, 0.25) is 5.88 Å². The van der Waals surface area contributed by atoms with Crippen LogP contribution < -0.4 is 10.1 Å². The van der Waals surface area contributed by atoms with E-state index in [0.717, 1.165) is 13.1 Å². The number of nitrogens with one attached hydrogen (secondary N) is 1. The van der Waals surface area contributed by atoms with Gasteiger partial charge in [0, 0.05) is 31.3 Å². The third-order valence-corrected chi connectivity index (χ3v) is 2.22. The normalized spacial score (nSPS) is 17.1. The van der Waals surface area contributed by atoms with Crippen molar-refractivity contribution < 1.29 is 4.74 Å². The number of rotatable bonds is 2. The number of ether oxygens (including phenoxy) is 1. The highest BCUT2D eigenvalue weighted by molar-refractivity contribution is 5.23. The lowest BCUT2D eigenvalue weighted by Gasteiger charge is -2.27. The van der Waals surface area contributed by atoms with E-state index in [1.54, 1.807) is 7.11 Å². The molecule has 0 radical (unpaired) electrons. The molecule has 0 amide bonds. The molecule has 1 aliphatic rings. The molecule has 1 aromatic heterocycles. The monoisotopic (exact) mass is 164 g/mol. The first kappa shape index (κ1) is 7.55. The molecular weight excluding hydrogens is 152 g/mol. The summed E-state index contributed by atoms with van der Waals surface area (Å²) < 4.78 is 4.97. The number of methoxy groups -OCH3 is 1. The molecule has 2 rings (SSSR count). The van der Waals surface area contributed by atoms with Crippen molar-refractivity contribution in [2.45, 2.75) is 5.92 Å². The zero-order valence-electron chi connectivity index (χ0n) is 7.08. The highest BCUT2D eigenvalue weighted by Crippen LogP contribution is 2.19. The van der Waals surface area contributed by atoms with Crippen LogP contribution >= 0.6 is 0 Å². The summed E-state index contributed by atoms with van der Waals surface area (Å²) in [5.74, 6) is 1.34. The molecule has 0 aliphatic carbocycles. The van der Waals surface area contributed by atoms with Gasteiger partial charge >= 0.3 is 0 Å². The van der Waals surface area contributed by atoms with E-state index in [4.69, 9.17) is 4.74 Å². The lowest BCUT2D eigenvalue weighted by Crippen LogP contribution is -2.39. The standard InChI is InChI=1S/C9H12N2O/c1-12-9-3-2-7(6-11-9)8-4-10-5-8/h2-3,6,8,10H,4-5H2,1H3. The van der Waals surface area contributed by atoms with Crippen molar-refractivity contribution in [3.63, 3.8) is 0 Å². The molecule has 1 N–H and O–H groups in total. The van der Waals surface area contributed by atoms with Crippen LogP contribution in [0.1, 0.15) is 11.5 Å². The van der Waals surface area contributed by atoms with E-state index < -0.39 is 0 Å². The topological polar surface area (TPSA) is 34.1 Å². The van der Waals surface area contributed by atoms with Crippen molar-refractivity contribution in [1.29, 1.82) is 0 Å². The highest BCUT2D eigenvalue weighted by atomic mass is 16.5.